The summed E-state index contributed by atoms with van der Waals surface area (Å²) in [5.41, 5.74) is 0. The molecule has 5 heteroatoms. The van der Waals surface area contributed by atoms with Gasteiger partial charge in [-0.1, -0.05) is 0 Å². The summed E-state index contributed by atoms with van der Waals surface area (Å²) in [6.07, 6.45) is 6.22. The summed E-state index contributed by atoms with van der Waals surface area (Å²) in [5, 5.41) is 6.80. The van der Waals surface area contributed by atoms with Crippen LogP contribution in [0.1, 0.15) is 19.8 Å². The monoisotopic (exact) mass is 332 g/mol. The highest BCUT2D eigenvalue weighted by molar-refractivity contribution is 14.1. The van der Waals surface area contributed by atoms with Crippen LogP contribution in [0.15, 0.2) is 12.4 Å². The molecule has 0 saturated carbocycles. The summed E-state index contributed by atoms with van der Waals surface area (Å²) >= 11 is 2.21. The predicted octanol–water partition coefficient (Wildman–Crippen LogP) is 1.88. The van der Waals surface area contributed by atoms with Crippen molar-refractivity contribution in [3.05, 3.63) is 16.0 Å². The Balaban J connectivity index is 1.90. The molecule has 0 amide bonds. The SMILES string of the molecule is CC(Nc1ncc(I)cn1)C1CCCNC1. The van der Waals surface area contributed by atoms with Crippen LogP contribution in [0, 0.1) is 9.49 Å². The average Bonchev–Trinajstić information content (AvgIpc) is 2.33. The van der Waals surface area contributed by atoms with Crippen LogP contribution < -0.4 is 10.6 Å². The molecule has 0 radical (unpaired) electrons. The average molecular weight is 332 g/mol. The van der Waals surface area contributed by atoms with E-state index in [1.165, 1.54) is 12.8 Å². The van der Waals surface area contributed by atoms with Crippen molar-refractivity contribution in [1.29, 1.82) is 0 Å². The first-order valence-corrected chi connectivity index (χ1v) is 6.78. The Morgan fingerprint density at radius 3 is 2.88 bits per heavy atom. The first kappa shape index (κ1) is 12.0. The van der Waals surface area contributed by atoms with Crippen LogP contribution in [0.5, 0.6) is 0 Å². The second kappa shape index (κ2) is 5.77. The van der Waals surface area contributed by atoms with Crippen LogP contribution in [-0.4, -0.2) is 29.1 Å². The van der Waals surface area contributed by atoms with Crippen molar-refractivity contribution in [3.8, 4) is 0 Å². The zero-order valence-electron chi connectivity index (χ0n) is 9.41. The first-order chi connectivity index (χ1) is 7.75. The van der Waals surface area contributed by atoms with Crippen LogP contribution in [0.3, 0.4) is 0 Å². The Hall–Kier alpha value is -0.430. The zero-order valence-corrected chi connectivity index (χ0v) is 11.6. The van der Waals surface area contributed by atoms with E-state index < -0.39 is 0 Å². The summed E-state index contributed by atoms with van der Waals surface area (Å²) < 4.78 is 1.06. The maximum atomic E-state index is 4.26. The molecule has 1 aromatic heterocycles. The van der Waals surface area contributed by atoms with E-state index in [1.807, 2.05) is 12.4 Å². The molecule has 1 fully saturated rings. The van der Waals surface area contributed by atoms with Gasteiger partial charge in [0.25, 0.3) is 0 Å². The second-order valence-corrected chi connectivity index (χ2v) is 5.51. The molecule has 0 aliphatic carbocycles. The van der Waals surface area contributed by atoms with Gasteiger partial charge in [0.05, 0.1) is 0 Å². The van der Waals surface area contributed by atoms with Crippen molar-refractivity contribution in [2.75, 3.05) is 18.4 Å². The molecular weight excluding hydrogens is 315 g/mol. The Labute approximate surface area is 110 Å². The molecule has 2 rings (SSSR count). The zero-order chi connectivity index (χ0) is 11.4. The van der Waals surface area contributed by atoms with Crippen LogP contribution in [0.4, 0.5) is 5.95 Å². The topological polar surface area (TPSA) is 49.8 Å². The van der Waals surface area contributed by atoms with E-state index in [0.29, 0.717) is 12.0 Å². The number of nitrogens with one attached hydrogen (secondary N) is 2. The molecule has 1 aromatic rings. The second-order valence-electron chi connectivity index (χ2n) is 4.26. The van der Waals surface area contributed by atoms with E-state index in [-0.39, 0.29) is 0 Å². The van der Waals surface area contributed by atoms with Crippen LogP contribution in [0.2, 0.25) is 0 Å². The molecule has 2 N–H and O–H groups in total. The van der Waals surface area contributed by atoms with Crippen molar-refractivity contribution < 1.29 is 0 Å². The van der Waals surface area contributed by atoms with E-state index >= 15 is 0 Å². The minimum Gasteiger partial charge on any atom is -0.351 e. The van der Waals surface area contributed by atoms with Crippen LogP contribution >= 0.6 is 22.6 Å². The summed E-state index contributed by atoms with van der Waals surface area (Å²) in [7, 11) is 0. The molecule has 4 nitrogen and oxygen atoms in total. The molecular formula is C11H17IN4. The van der Waals surface area contributed by atoms with Crippen molar-refractivity contribution >= 4 is 28.5 Å². The number of hydrogen-bond donors (Lipinski definition) is 2. The molecule has 2 atom stereocenters. The molecule has 1 saturated heterocycles. The fourth-order valence-electron chi connectivity index (χ4n) is 2.01. The number of anilines is 1. The van der Waals surface area contributed by atoms with Crippen molar-refractivity contribution in [2.45, 2.75) is 25.8 Å². The maximum Gasteiger partial charge on any atom is 0.222 e. The van der Waals surface area contributed by atoms with Gasteiger partial charge in [-0.3, -0.25) is 0 Å². The van der Waals surface area contributed by atoms with Gasteiger partial charge >= 0.3 is 0 Å². The highest BCUT2D eigenvalue weighted by atomic mass is 127. The Morgan fingerprint density at radius 2 is 2.25 bits per heavy atom. The number of piperidine rings is 1. The minimum atomic E-state index is 0.424. The van der Waals surface area contributed by atoms with E-state index in [1.54, 1.807) is 0 Å². The van der Waals surface area contributed by atoms with Gasteiger partial charge in [0, 0.05) is 22.0 Å². The molecule has 2 unspecified atom stereocenters. The minimum absolute atomic E-state index is 0.424. The van der Waals surface area contributed by atoms with Gasteiger partial charge in [-0.15, -0.1) is 0 Å². The molecule has 0 bridgehead atoms. The van der Waals surface area contributed by atoms with Crippen LogP contribution in [0.25, 0.3) is 0 Å². The summed E-state index contributed by atoms with van der Waals surface area (Å²) in [6, 6.07) is 0.424. The fourth-order valence-corrected chi connectivity index (χ4v) is 2.29. The highest BCUT2D eigenvalue weighted by Gasteiger charge is 2.20. The van der Waals surface area contributed by atoms with Gasteiger partial charge in [-0.2, -0.15) is 0 Å². The van der Waals surface area contributed by atoms with Gasteiger partial charge in [0.15, 0.2) is 0 Å². The van der Waals surface area contributed by atoms with Crippen molar-refractivity contribution in [2.24, 2.45) is 5.92 Å². The van der Waals surface area contributed by atoms with E-state index in [4.69, 9.17) is 0 Å². The number of nitrogens with zero attached hydrogens (tertiary/aromatic N) is 2. The molecule has 1 aliphatic rings. The Kier molecular flexibility index (Phi) is 4.34. The Bertz CT molecular complexity index is 321. The third-order valence-electron chi connectivity index (χ3n) is 3.02. The number of rotatable bonds is 3. The molecule has 2 heterocycles. The van der Waals surface area contributed by atoms with E-state index in [0.717, 1.165) is 22.6 Å². The van der Waals surface area contributed by atoms with Gasteiger partial charge in [0.2, 0.25) is 5.95 Å². The lowest BCUT2D eigenvalue weighted by molar-refractivity contribution is 0.346. The largest absolute Gasteiger partial charge is 0.351 e. The normalized spacial score (nSPS) is 22.8. The summed E-state index contributed by atoms with van der Waals surface area (Å²) in [6.45, 7) is 4.46. The summed E-state index contributed by atoms with van der Waals surface area (Å²) in [4.78, 5) is 8.53. The smallest absolute Gasteiger partial charge is 0.222 e. The quantitative estimate of drug-likeness (QED) is 0.830. The number of halogens is 1. The molecule has 0 aromatic carbocycles. The molecule has 16 heavy (non-hydrogen) atoms. The first-order valence-electron chi connectivity index (χ1n) is 5.70. The molecule has 1 aliphatic heterocycles. The van der Waals surface area contributed by atoms with Crippen molar-refractivity contribution in [1.82, 2.24) is 15.3 Å². The Morgan fingerprint density at radius 1 is 1.50 bits per heavy atom. The lowest BCUT2D eigenvalue weighted by Crippen LogP contribution is -2.39. The molecule has 0 spiro atoms. The highest BCUT2D eigenvalue weighted by Crippen LogP contribution is 2.16. The standard InChI is InChI=1S/C11H17IN4/c1-8(9-3-2-4-13-5-9)16-11-14-6-10(12)7-15-11/h6-9,13H,2-5H2,1H3,(H,14,15,16). The van der Waals surface area contributed by atoms with Crippen molar-refractivity contribution in [3.63, 3.8) is 0 Å². The molecule has 88 valence electrons. The van der Waals surface area contributed by atoms with E-state index in [2.05, 4.69) is 50.1 Å². The van der Waals surface area contributed by atoms with Gasteiger partial charge < -0.3 is 10.6 Å². The third-order valence-corrected chi connectivity index (χ3v) is 3.58. The number of hydrogen-bond acceptors (Lipinski definition) is 4. The lowest BCUT2D eigenvalue weighted by Gasteiger charge is -2.28. The third kappa shape index (κ3) is 3.28. The summed E-state index contributed by atoms with van der Waals surface area (Å²) in [5.74, 6) is 1.41. The fraction of sp³-hybridized carbons (Fsp3) is 0.636. The predicted molar refractivity (Wildman–Crippen MR) is 73.4 cm³/mol. The number of aromatic nitrogens is 2. The lowest BCUT2D eigenvalue weighted by atomic mass is 9.93. The van der Waals surface area contributed by atoms with Gasteiger partial charge in [-0.25, -0.2) is 9.97 Å². The van der Waals surface area contributed by atoms with E-state index in [9.17, 15) is 0 Å². The van der Waals surface area contributed by atoms with Gasteiger partial charge in [0.1, 0.15) is 0 Å². The van der Waals surface area contributed by atoms with Gasteiger partial charge in [-0.05, 0) is 61.4 Å². The maximum absolute atomic E-state index is 4.26. The van der Waals surface area contributed by atoms with Crippen LogP contribution in [-0.2, 0) is 0 Å².